The predicted molar refractivity (Wildman–Crippen MR) is 114 cm³/mol. The number of hydrogen-bond acceptors (Lipinski definition) is 3. The Hall–Kier alpha value is -3.13. The Morgan fingerprint density at radius 2 is 1.84 bits per heavy atom. The largest absolute Gasteiger partial charge is 0.457 e. The maximum absolute atomic E-state index is 13.4. The van der Waals surface area contributed by atoms with E-state index in [9.17, 15) is 22.4 Å². The van der Waals surface area contributed by atoms with Gasteiger partial charge in [-0.2, -0.15) is 0 Å². The van der Waals surface area contributed by atoms with Crippen molar-refractivity contribution in [3.63, 3.8) is 0 Å². The van der Waals surface area contributed by atoms with Crippen LogP contribution in [0.5, 0.6) is 11.5 Å². The summed E-state index contributed by atoms with van der Waals surface area (Å²) in [4.78, 5) is 14.3. The van der Waals surface area contributed by atoms with Crippen LogP contribution in [0.3, 0.4) is 0 Å². The second-order valence-corrected chi connectivity index (χ2v) is 7.91. The van der Waals surface area contributed by atoms with E-state index in [1.807, 2.05) is 6.07 Å². The van der Waals surface area contributed by atoms with E-state index in [2.05, 4.69) is 5.32 Å². The van der Waals surface area contributed by atoms with Crippen molar-refractivity contribution in [2.75, 3.05) is 19.6 Å². The van der Waals surface area contributed by atoms with Crippen molar-refractivity contribution < 1.29 is 27.1 Å². The first-order valence-corrected chi connectivity index (χ1v) is 10.2. The second-order valence-electron chi connectivity index (χ2n) is 7.91. The molecule has 0 aromatic heterocycles. The summed E-state index contributed by atoms with van der Waals surface area (Å²) in [5.41, 5.74) is 0.403. The molecule has 1 aliphatic heterocycles. The Morgan fingerprint density at radius 1 is 1.12 bits per heavy atom. The third-order valence-corrected chi connectivity index (χ3v) is 5.41. The van der Waals surface area contributed by atoms with Crippen LogP contribution in [0.15, 0.2) is 60.7 Å². The number of ether oxygens (including phenoxy) is 1. The van der Waals surface area contributed by atoms with Gasteiger partial charge in [-0.05, 0) is 53.9 Å². The SMILES string of the molecule is CC(F)(F)c1ccc(Oc2cccc3cc(C(=O)N4CC(NCC(F)F)C4)ccc23)cc1. The summed E-state index contributed by atoms with van der Waals surface area (Å²) >= 11 is 0. The molecule has 1 fully saturated rings. The van der Waals surface area contributed by atoms with Gasteiger partial charge in [0.05, 0.1) is 6.54 Å². The molecule has 0 saturated carbocycles. The van der Waals surface area contributed by atoms with Gasteiger partial charge in [0.15, 0.2) is 0 Å². The fourth-order valence-corrected chi connectivity index (χ4v) is 3.63. The minimum Gasteiger partial charge on any atom is -0.457 e. The van der Waals surface area contributed by atoms with Gasteiger partial charge < -0.3 is 15.0 Å². The molecule has 1 N–H and O–H groups in total. The number of hydrogen-bond donors (Lipinski definition) is 1. The third-order valence-electron chi connectivity index (χ3n) is 5.41. The molecule has 1 amide bonds. The zero-order chi connectivity index (χ0) is 22.9. The van der Waals surface area contributed by atoms with Crippen molar-refractivity contribution in [1.29, 1.82) is 0 Å². The molecule has 4 rings (SSSR count). The number of fused-ring (bicyclic) bond motifs is 1. The van der Waals surface area contributed by atoms with Crippen molar-refractivity contribution in [2.45, 2.75) is 25.3 Å². The lowest BCUT2D eigenvalue weighted by Gasteiger charge is -2.39. The predicted octanol–water partition coefficient (Wildman–Crippen LogP) is 5.42. The Bertz CT molecular complexity index is 1110. The van der Waals surface area contributed by atoms with Crippen molar-refractivity contribution in [3.05, 3.63) is 71.8 Å². The summed E-state index contributed by atoms with van der Waals surface area (Å²) in [5.74, 6) is -2.12. The quantitative estimate of drug-likeness (QED) is 0.493. The minimum absolute atomic E-state index is 0.0939. The van der Waals surface area contributed by atoms with Crippen LogP contribution in [0.25, 0.3) is 10.8 Å². The fourth-order valence-electron chi connectivity index (χ4n) is 3.63. The highest BCUT2D eigenvalue weighted by atomic mass is 19.3. The first-order chi connectivity index (χ1) is 15.2. The molecule has 8 heteroatoms. The number of likely N-dealkylation sites (tertiary alicyclic amines) is 1. The number of carbonyl (C=O) groups excluding carboxylic acids is 1. The van der Waals surface area contributed by atoms with Crippen LogP contribution in [0.2, 0.25) is 0 Å². The molecule has 3 aromatic carbocycles. The molecule has 1 aliphatic rings. The van der Waals surface area contributed by atoms with E-state index in [4.69, 9.17) is 4.74 Å². The van der Waals surface area contributed by atoms with Crippen LogP contribution in [-0.4, -0.2) is 42.9 Å². The van der Waals surface area contributed by atoms with Gasteiger partial charge in [-0.1, -0.05) is 12.1 Å². The molecular formula is C24H22F4N2O2. The fraction of sp³-hybridized carbons (Fsp3) is 0.292. The van der Waals surface area contributed by atoms with E-state index < -0.39 is 12.3 Å². The van der Waals surface area contributed by atoms with Gasteiger partial charge in [0.25, 0.3) is 18.3 Å². The number of rotatable bonds is 7. The van der Waals surface area contributed by atoms with Gasteiger partial charge in [0, 0.05) is 42.6 Å². The number of halogens is 4. The Balaban J connectivity index is 1.46. The highest BCUT2D eigenvalue weighted by Gasteiger charge is 2.31. The molecule has 0 atom stereocenters. The summed E-state index contributed by atoms with van der Waals surface area (Å²) in [6, 6.07) is 16.1. The van der Waals surface area contributed by atoms with Crippen molar-refractivity contribution in [1.82, 2.24) is 10.2 Å². The zero-order valence-electron chi connectivity index (χ0n) is 17.3. The molecule has 0 spiro atoms. The number of alkyl halides is 4. The Morgan fingerprint density at radius 3 is 2.50 bits per heavy atom. The molecule has 1 heterocycles. The van der Waals surface area contributed by atoms with Crippen molar-refractivity contribution in [3.8, 4) is 11.5 Å². The van der Waals surface area contributed by atoms with Gasteiger partial charge in [-0.3, -0.25) is 4.79 Å². The Kier molecular flexibility index (Phi) is 6.06. The normalized spacial score (nSPS) is 14.6. The molecule has 0 aliphatic carbocycles. The molecule has 0 bridgehead atoms. The van der Waals surface area contributed by atoms with Gasteiger partial charge in [0.2, 0.25) is 0 Å². The highest BCUT2D eigenvalue weighted by molar-refractivity contribution is 6.00. The second kappa shape index (κ2) is 8.78. The van der Waals surface area contributed by atoms with E-state index in [1.54, 1.807) is 35.2 Å². The zero-order valence-corrected chi connectivity index (χ0v) is 17.3. The third kappa shape index (κ3) is 4.85. The maximum atomic E-state index is 13.4. The summed E-state index contributed by atoms with van der Waals surface area (Å²) in [6.45, 7) is 1.24. The lowest BCUT2D eigenvalue weighted by atomic mass is 10.0. The van der Waals surface area contributed by atoms with E-state index >= 15 is 0 Å². The van der Waals surface area contributed by atoms with Crippen molar-refractivity contribution in [2.24, 2.45) is 0 Å². The molecule has 4 nitrogen and oxygen atoms in total. The van der Waals surface area contributed by atoms with E-state index in [0.29, 0.717) is 30.2 Å². The number of benzene rings is 3. The molecule has 32 heavy (non-hydrogen) atoms. The van der Waals surface area contributed by atoms with Gasteiger partial charge in [0.1, 0.15) is 11.5 Å². The van der Waals surface area contributed by atoms with Crippen LogP contribution < -0.4 is 10.1 Å². The number of amides is 1. The molecule has 1 saturated heterocycles. The van der Waals surface area contributed by atoms with Crippen LogP contribution in [0.4, 0.5) is 17.6 Å². The minimum atomic E-state index is -2.92. The number of nitrogens with one attached hydrogen (secondary N) is 1. The van der Waals surface area contributed by atoms with Gasteiger partial charge in [-0.25, -0.2) is 17.6 Å². The summed E-state index contributed by atoms with van der Waals surface area (Å²) < 4.78 is 57.2. The van der Waals surface area contributed by atoms with Gasteiger partial charge in [-0.15, -0.1) is 0 Å². The molecule has 0 unspecified atom stereocenters. The van der Waals surface area contributed by atoms with Gasteiger partial charge >= 0.3 is 0 Å². The van der Waals surface area contributed by atoms with Crippen LogP contribution in [0.1, 0.15) is 22.8 Å². The van der Waals surface area contributed by atoms with E-state index in [-0.39, 0.29) is 24.1 Å². The summed E-state index contributed by atoms with van der Waals surface area (Å²) in [6.07, 6.45) is -2.41. The van der Waals surface area contributed by atoms with Crippen LogP contribution >= 0.6 is 0 Å². The standard InChI is InChI=1S/C24H22F4N2O2/c1-24(27,28)17-6-8-19(9-7-17)32-21-4-2-3-15-11-16(5-10-20(15)21)23(31)30-13-18(14-30)29-12-22(25)26/h2-11,18,22,29H,12-14H2,1H3. The molecular weight excluding hydrogens is 424 g/mol. The molecule has 0 radical (unpaired) electrons. The van der Waals surface area contributed by atoms with Crippen LogP contribution in [0, 0.1) is 0 Å². The van der Waals surface area contributed by atoms with E-state index in [1.165, 1.54) is 24.3 Å². The highest BCUT2D eigenvalue weighted by Crippen LogP contribution is 2.33. The monoisotopic (exact) mass is 446 g/mol. The molecule has 168 valence electrons. The van der Waals surface area contributed by atoms with E-state index in [0.717, 1.165) is 17.7 Å². The average molecular weight is 446 g/mol. The maximum Gasteiger partial charge on any atom is 0.270 e. The first-order valence-electron chi connectivity index (χ1n) is 10.2. The smallest absolute Gasteiger partial charge is 0.270 e. The summed E-state index contributed by atoms with van der Waals surface area (Å²) in [5, 5.41) is 4.29. The molecule has 3 aromatic rings. The van der Waals surface area contributed by atoms with Crippen molar-refractivity contribution >= 4 is 16.7 Å². The van der Waals surface area contributed by atoms with Crippen LogP contribution in [-0.2, 0) is 5.92 Å². The lowest BCUT2D eigenvalue weighted by Crippen LogP contribution is -2.60. The topological polar surface area (TPSA) is 41.6 Å². The lowest BCUT2D eigenvalue weighted by molar-refractivity contribution is 0.0174. The summed E-state index contributed by atoms with van der Waals surface area (Å²) in [7, 11) is 0. The average Bonchev–Trinajstić information content (AvgIpc) is 2.72. The Labute approximate surface area is 182 Å². The number of carbonyl (C=O) groups is 1. The number of nitrogens with zero attached hydrogens (tertiary/aromatic N) is 1. The first kappa shape index (κ1) is 22.1.